The molecule has 1 aliphatic rings. The van der Waals surface area contributed by atoms with E-state index in [4.69, 9.17) is 9.47 Å². The molecule has 10 nitrogen and oxygen atoms in total. The van der Waals surface area contributed by atoms with Gasteiger partial charge in [0.25, 0.3) is 0 Å². The van der Waals surface area contributed by atoms with Crippen LogP contribution in [0.3, 0.4) is 0 Å². The van der Waals surface area contributed by atoms with Crippen LogP contribution < -0.4 is 20.1 Å². The summed E-state index contributed by atoms with van der Waals surface area (Å²) in [6.45, 7) is 7.00. The van der Waals surface area contributed by atoms with E-state index in [1.54, 1.807) is 69.3 Å². The van der Waals surface area contributed by atoms with Crippen molar-refractivity contribution in [2.45, 2.75) is 46.2 Å². The number of aromatic amines is 1. The lowest BCUT2D eigenvalue weighted by Gasteiger charge is -2.31. The van der Waals surface area contributed by atoms with Gasteiger partial charge in [-0.15, -0.1) is 0 Å². The minimum atomic E-state index is -1.02. The molecule has 3 aromatic rings. The van der Waals surface area contributed by atoms with Crippen molar-refractivity contribution in [2.75, 3.05) is 6.79 Å². The van der Waals surface area contributed by atoms with Gasteiger partial charge in [-0.1, -0.05) is 57.2 Å². The summed E-state index contributed by atoms with van der Waals surface area (Å²) in [6.07, 6.45) is 2.86. The standard InChI is InChI=1S/C30H33N3O7/c1-17-25(29(38)33-28(17)37)26(36)27(30(2,3)4)32-24(35)15-20(19-8-6-5-7-9-19)31-23(34)13-11-18-10-12-21-22(14-18)40-16-39-21/h5-14,20,27,33,37-38H,15-16H2,1-4H3,(H,31,34)(H,32,35)/t20-,27+/m0/s1. The minimum absolute atomic E-state index is 0.0840. The number of hydrogen-bond donors (Lipinski definition) is 5. The Hall–Kier alpha value is -4.73. The molecule has 1 aliphatic heterocycles. The Kier molecular flexibility index (Phi) is 8.18. The number of H-pyrrole nitrogens is 1. The number of nitrogens with one attached hydrogen (secondary N) is 3. The van der Waals surface area contributed by atoms with Crippen LogP contribution in [0.1, 0.15) is 60.3 Å². The normalized spacial score (nSPS) is 14.1. The van der Waals surface area contributed by atoms with Gasteiger partial charge >= 0.3 is 0 Å². The fraction of sp³-hybridized carbons (Fsp3) is 0.300. The molecule has 5 N–H and O–H groups in total. The second kappa shape index (κ2) is 11.6. The molecule has 2 heterocycles. The highest BCUT2D eigenvalue weighted by atomic mass is 16.7. The van der Waals surface area contributed by atoms with Crippen molar-refractivity contribution in [1.29, 1.82) is 0 Å². The molecule has 0 spiro atoms. The van der Waals surface area contributed by atoms with Crippen molar-refractivity contribution < 1.29 is 34.1 Å². The maximum Gasteiger partial charge on any atom is 0.244 e. The molecular formula is C30H33N3O7. The van der Waals surface area contributed by atoms with Crippen LogP contribution in [0.15, 0.2) is 54.6 Å². The van der Waals surface area contributed by atoms with Gasteiger partial charge in [-0.25, -0.2) is 0 Å². The number of carbonyl (C=O) groups excluding carboxylic acids is 3. The second-order valence-electron chi connectivity index (χ2n) is 10.7. The number of carbonyl (C=O) groups is 3. The van der Waals surface area contributed by atoms with Gasteiger partial charge in [0.1, 0.15) is 0 Å². The zero-order valence-electron chi connectivity index (χ0n) is 22.8. The Bertz CT molecular complexity index is 1440. The van der Waals surface area contributed by atoms with Crippen molar-refractivity contribution in [3.63, 3.8) is 0 Å². The van der Waals surface area contributed by atoms with Crippen LogP contribution in [-0.2, 0) is 9.59 Å². The summed E-state index contributed by atoms with van der Waals surface area (Å²) in [7, 11) is 0. The fourth-order valence-electron chi connectivity index (χ4n) is 4.44. The van der Waals surface area contributed by atoms with Crippen LogP contribution in [0.25, 0.3) is 6.08 Å². The van der Waals surface area contributed by atoms with E-state index in [1.807, 2.05) is 6.07 Å². The molecule has 2 atom stereocenters. The number of aromatic nitrogens is 1. The molecule has 2 amide bonds. The average molecular weight is 548 g/mol. The van der Waals surface area contributed by atoms with Gasteiger partial charge in [0.05, 0.1) is 24.1 Å². The van der Waals surface area contributed by atoms with E-state index in [-0.39, 0.29) is 30.2 Å². The molecule has 2 aromatic carbocycles. The van der Waals surface area contributed by atoms with E-state index in [9.17, 15) is 24.6 Å². The number of benzene rings is 2. The lowest BCUT2D eigenvalue weighted by molar-refractivity contribution is -0.123. The summed E-state index contributed by atoms with van der Waals surface area (Å²) < 4.78 is 10.7. The number of ketones is 1. The van der Waals surface area contributed by atoms with Gasteiger partial charge in [0.15, 0.2) is 23.2 Å². The highest BCUT2D eigenvalue weighted by Crippen LogP contribution is 2.34. The monoisotopic (exact) mass is 547 g/mol. The molecule has 0 fully saturated rings. The van der Waals surface area contributed by atoms with Gasteiger partial charge in [-0.2, -0.15) is 0 Å². The smallest absolute Gasteiger partial charge is 0.244 e. The zero-order valence-corrected chi connectivity index (χ0v) is 22.8. The van der Waals surface area contributed by atoms with E-state index in [2.05, 4.69) is 15.6 Å². The maximum atomic E-state index is 13.4. The average Bonchev–Trinajstić information content (AvgIpc) is 3.47. The van der Waals surface area contributed by atoms with Crippen molar-refractivity contribution in [1.82, 2.24) is 15.6 Å². The van der Waals surface area contributed by atoms with E-state index >= 15 is 0 Å². The molecule has 210 valence electrons. The SMILES string of the molecule is Cc1c(O)[nH]c(O)c1C(=O)[C@@H](NC(=O)C[C@H](NC(=O)C=Cc1ccc2c(c1)OCO2)c1ccccc1)C(C)(C)C. The number of amides is 2. The molecule has 0 aliphatic carbocycles. The summed E-state index contributed by atoms with van der Waals surface area (Å²) in [6, 6.07) is 12.7. The first kappa shape index (κ1) is 28.3. The Morgan fingerprint density at radius 3 is 2.35 bits per heavy atom. The Labute approximate surface area is 232 Å². The first-order chi connectivity index (χ1) is 18.9. The quantitative estimate of drug-likeness (QED) is 0.200. The molecular weight excluding hydrogens is 514 g/mol. The van der Waals surface area contributed by atoms with E-state index < -0.39 is 41.0 Å². The summed E-state index contributed by atoms with van der Waals surface area (Å²) in [4.78, 5) is 41.9. The second-order valence-corrected chi connectivity index (χ2v) is 10.7. The van der Waals surface area contributed by atoms with Crippen LogP contribution in [0.5, 0.6) is 23.3 Å². The number of Topliss-reactive ketones (excluding diaryl/α,β-unsaturated/α-hetero) is 1. The molecule has 0 radical (unpaired) electrons. The maximum absolute atomic E-state index is 13.4. The van der Waals surface area contributed by atoms with Crippen molar-refractivity contribution in [3.8, 4) is 23.3 Å². The number of aromatic hydroxyl groups is 2. The lowest BCUT2D eigenvalue weighted by Crippen LogP contribution is -2.50. The first-order valence-corrected chi connectivity index (χ1v) is 12.8. The first-order valence-electron chi connectivity index (χ1n) is 12.8. The number of rotatable bonds is 9. The number of fused-ring (bicyclic) bond motifs is 1. The van der Waals surface area contributed by atoms with E-state index in [1.165, 1.54) is 13.0 Å². The van der Waals surface area contributed by atoms with Gasteiger partial charge in [-0.3, -0.25) is 19.4 Å². The molecule has 40 heavy (non-hydrogen) atoms. The van der Waals surface area contributed by atoms with Crippen LogP contribution in [0, 0.1) is 12.3 Å². The van der Waals surface area contributed by atoms with Crippen LogP contribution in [0.4, 0.5) is 0 Å². The predicted molar refractivity (Wildman–Crippen MR) is 148 cm³/mol. The highest BCUT2D eigenvalue weighted by Gasteiger charge is 2.37. The summed E-state index contributed by atoms with van der Waals surface area (Å²) in [5, 5.41) is 25.8. The van der Waals surface area contributed by atoms with E-state index in [0.29, 0.717) is 17.1 Å². The van der Waals surface area contributed by atoms with Crippen molar-refractivity contribution >= 4 is 23.7 Å². The highest BCUT2D eigenvalue weighted by molar-refractivity contribution is 6.05. The van der Waals surface area contributed by atoms with Crippen LogP contribution >= 0.6 is 0 Å². The van der Waals surface area contributed by atoms with Gasteiger partial charge in [-0.05, 0) is 41.7 Å². The molecule has 0 saturated carbocycles. The number of ether oxygens (including phenoxy) is 2. The summed E-state index contributed by atoms with van der Waals surface area (Å²) >= 11 is 0. The number of hydrogen-bond acceptors (Lipinski definition) is 7. The lowest BCUT2D eigenvalue weighted by atomic mass is 9.81. The molecule has 4 rings (SSSR count). The predicted octanol–water partition coefficient (Wildman–Crippen LogP) is 4.14. The zero-order chi connectivity index (χ0) is 29.0. The Morgan fingerprint density at radius 2 is 1.70 bits per heavy atom. The molecule has 10 heteroatoms. The third-order valence-corrected chi connectivity index (χ3v) is 6.62. The molecule has 1 aromatic heterocycles. The fourth-order valence-corrected chi connectivity index (χ4v) is 4.44. The molecule has 0 unspecified atom stereocenters. The van der Waals surface area contributed by atoms with Crippen molar-refractivity contribution in [2.24, 2.45) is 5.41 Å². The minimum Gasteiger partial charge on any atom is -0.494 e. The topological polar surface area (TPSA) is 150 Å². The van der Waals surface area contributed by atoms with Crippen molar-refractivity contribution in [3.05, 3.63) is 76.9 Å². The van der Waals surface area contributed by atoms with Crippen LogP contribution in [-0.4, -0.2) is 45.6 Å². The Morgan fingerprint density at radius 1 is 1.00 bits per heavy atom. The third kappa shape index (κ3) is 6.45. The van der Waals surface area contributed by atoms with Gasteiger partial charge in [0.2, 0.25) is 24.5 Å². The summed E-state index contributed by atoms with van der Waals surface area (Å²) in [5.74, 6) is -0.970. The summed E-state index contributed by atoms with van der Waals surface area (Å²) in [5.41, 5.74) is 0.838. The largest absolute Gasteiger partial charge is 0.494 e. The van der Waals surface area contributed by atoms with Crippen LogP contribution in [0.2, 0.25) is 0 Å². The Balaban J connectivity index is 1.49. The third-order valence-electron chi connectivity index (χ3n) is 6.62. The van der Waals surface area contributed by atoms with Gasteiger partial charge in [0, 0.05) is 11.6 Å². The molecule has 0 saturated heterocycles. The molecule has 0 bridgehead atoms. The van der Waals surface area contributed by atoms with Gasteiger partial charge < -0.3 is 30.3 Å². The van der Waals surface area contributed by atoms with E-state index in [0.717, 1.165) is 5.56 Å².